The minimum absolute atomic E-state index is 0.0865. The first-order valence-corrected chi connectivity index (χ1v) is 8.44. The molecule has 0 aliphatic rings. The Bertz CT molecular complexity index is 635. The summed E-state index contributed by atoms with van der Waals surface area (Å²) in [7, 11) is 0. The van der Waals surface area contributed by atoms with Crippen molar-refractivity contribution in [3.63, 3.8) is 0 Å². The maximum atomic E-state index is 12.5. The van der Waals surface area contributed by atoms with E-state index in [2.05, 4.69) is 15.9 Å². The normalized spacial score (nSPS) is 10.5. The summed E-state index contributed by atoms with van der Waals surface area (Å²) in [6.07, 6.45) is 0. The molecule has 0 aliphatic heterocycles. The Kier molecular flexibility index (Phi) is 5.67. The van der Waals surface area contributed by atoms with Crippen molar-refractivity contribution < 1.29 is 14.3 Å². The number of hydrogen-bond acceptors (Lipinski definition) is 4. The van der Waals surface area contributed by atoms with Gasteiger partial charge in [0.05, 0.1) is 26.9 Å². The Morgan fingerprint density at radius 1 is 1.19 bits per heavy atom. The lowest BCUT2D eigenvalue weighted by Crippen LogP contribution is -2.03. The first kappa shape index (κ1) is 16.3. The third-order valence-corrected chi connectivity index (χ3v) is 5.15. The fourth-order valence-corrected chi connectivity index (χ4v) is 3.46. The monoisotopic (exact) mass is 388 g/mol. The molecule has 0 saturated heterocycles. The molecule has 0 fully saturated rings. The lowest BCUT2D eigenvalue weighted by atomic mass is 10.1. The molecule has 2 aromatic rings. The summed E-state index contributed by atoms with van der Waals surface area (Å²) in [5, 5.41) is 0.541. The number of ether oxygens (including phenoxy) is 2. The minimum atomic E-state index is -0.0865. The predicted octanol–water partition coefficient (Wildman–Crippen LogP) is 5.19. The van der Waals surface area contributed by atoms with Crippen LogP contribution in [0.1, 0.15) is 29.1 Å². The molecule has 6 heteroatoms. The zero-order chi connectivity index (χ0) is 15.4. The van der Waals surface area contributed by atoms with Gasteiger partial charge in [-0.3, -0.25) is 4.79 Å². The topological polar surface area (TPSA) is 35.5 Å². The molecule has 0 amide bonds. The van der Waals surface area contributed by atoms with Gasteiger partial charge < -0.3 is 9.47 Å². The van der Waals surface area contributed by atoms with E-state index in [-0.39, 0.29) is 5.78 Å². The molecule has 0 unspecified atom stereocenters. The first-order chi connectivity index (χ1) is 10.1. The van der Waals surface area contributed by atoms with Gasteiger partial charge in [0.2, 0.25) is 5.78 Å². The van der Waals surface area contributed by atoms with Crippen LogP contribution in [0.25, 0.3) is 0 Å². The average Bonchev–Trinajstić information content (AvgIpc) is 2.80. The van der Waals surface area contributed by atoms with Gasteiger partial charge in [0.1, 0.15) is 0 Å². The van der Waals surface area contributed by atoms with Gasteiger partial charge in [0.25, 0.3) is 0 Å². The van der Waals surface area contributed by atoms with E-state index in [0.29, 0.717) is 40.2 Å². The number of hydrogen-bond donors (Lipinski definition) is 0. The van der Waals surface area contributed by atoms with E-state index in [1.165, 1.54) is 11.3 Å². The van der Waals surface area contributed by atoms with E-state index in [9.17, 15) is 4.79 Å². The SMILES string of the molecule is CCOc1ccc(C(=O)c2cc(Cl)c(Br)s2)cc1OCC. The minimum Gasteiger partial charge on any atom is -0.490 e. The molecule has 112 valence electrons. The van der Waals surface area contributed by atoms with E-state index < -0.39 is 0 Å². The predicted molar refractivity (Wildman–Crippen MR) is 89.2 cm³/mol. The molecule has 1 aromatic carbocycles. The van der Waals surface area contributed by atoms with Gasteiger partial charge in [-0.2, -0.15) is 0 Å². The van der Waals surface area contributed by atoms with Crippen LogP contribution in [0.4, 0.5) is 0 Å². The van der Waals surface area contributed by atoms with Crippen molar-refractivity contribution in [2.75, 3.05) is 13.2 Å². The van der Waals surface area contributed by atoms with Crippen molar-refractivity contribution in [3.05, 3.63) is 43.5 Å². The molecule has 21 heavy (non-hydrogen) atoms. The van der Waals surface area contributed by atoms with E-state index in [0.717, 1.165) is 3.79 Å². The van der Waals surface area contributed by atoms with E-state index in [4.69, 9.17) is 21.1 Å². The van der Waals surface area contributed by atoms with Gasteiger partial charge in [-0.25, -0.2) is 0 Å². The highest BCUT2D eigenvalue weighted by Crippen LogP contribution is 2.35. The van der Waals surface area contributed by atoms with Crippen LogP contribution in [0.15, 0.2) is 28.1 Å². The third-order valence-electron chi connectivity index (χ3n) is 2.67. The van der Waals surface area contributed by atoms with Crippen LogP contribution < -0.4 is 9.47 Å². The van der Waals surface area contributed by atoms with E-state index >= 15 is 0 Å². The number of rotatable bonds is 6. The molecule has 1 aromatic heterocycles. The second-order valence-corrected chi connectivity index (χ2v) is 6.87. The molecule has 0 aliphatic carbocycles. The van der Waals surface area contributed by atoms with Crippen LogP contribution in [-0.2, 0) is 0 Å². The number of ketones is 1. The Morgan fingerprint density at radius 3 is 2.43 bits per heavy atom. The van der Waals surface area contributed by atoms with Crippen molar-refractivity contribution in [3.8, 4) is 11.5 Å². The number of halogens is 2. The summed E-state index contributed by atoms with van der Waals surface area (Å²) in [5.41, 5.74) is 0.548. The van der Waals surface area contributed by atoms with Crippen LogP contribution >= 0.6 is 38.9 Å². The van der Waals surface area contributed by atoms with Crippen molar-refractivity contribution in [2.24, 2.45) is 0 Å². The number of thiophene rings is 1. The van der Waals surface area contributed by atoms with Crippen molar-refractivity contribution >= 4 is 44.7 Å². The zero-order valence-electron chi connectivity index (χ0n) is 11.6. The van der Waals surface area contributed by atoms with Gasteiger partial charge in [-0.05, 0) is 54.0 Å². The zero-order valence-corrected chi connectivity index (χ0v) is 14.8. The van der Waals surface area contributed by atoms with Crippen molar-refractivity contribution in [1.82, 2.24) is 0 Å². The fourth-order valence-electron chi connectivity index (χ4n) is 1.79. The van der Waals surface area contributed by atoms with E-state index in [1.807, 2.05) is 13.8 Å². The average molecular weight is 390 g/mol. The number of carbonyl (C=O) groups excluding carboxylic acids is 1. The molecule has 3 nitrogen and oxygen atoms in total. The lowest BCUT2D eigenvalue weighted by molar-refractivity contribution is 0.104. The van der Waals surface area contributed by atoms with Crippen LogP contribution in [0, 0.1) is 0 Å². The summed E-state index contributed by atoms with van der Waals surface area (Å²) in [5.74, 6) is 1.13. The van der Waals surface area contributed by atoms with Gasteiger partial charge in [-0.15, -0.1) is 11.3 Å². The fraction of sp³-hybridized carbons (Fsp3) is 0.267. The molecule has 0 bridgehead atoms. The third kappa shape index (κ3) is 3.78. The highest BCUT2D eigenvalue weighted by molar-refractivity contribution is 9.11. The Morgan fingerprint density at radius 2 is 1.86 bits per heavy atom. The summed E-state index contributed by atoms with van der Waals surface area (Å²) in [6, 6.07) is 6.86. The maximum absolute atomic E-state index is 12.5. The smallest absolute Gasteiger partial charge is 0.203 e. The number of carbonyl (C=O) groups is 1. The van der Waals surface area contributed by atoms with Crippen LogP contribution in [-0.4, -0.2) is 19.0 Å². The van der Waals surface area contributed by atoms with Crippen LogP contribution in [0.5, 0.6) is 11.5 Å². The Hall–Kier alpha value is -1.04. The molecule has 0 N–H and O–H groups in total. The molecule has 0 atom stereocenters. The van der Waals surface area contributed by atoms with Gasteiger partial charge in [0, 0.05) is 5.56 Å². The van der Waals surface area contributed by atoms with E-state index in [1.54, 1.807) is 24.3 Å². The number of benzene rings is 1. The molecule has 0 saturated carbocycles. The second-order valence-electron chi connectivity index (χ2n) is 4.09. The van der Waals surface area contributed by atoms with Crippen LogP contribution in [0.2, 0.25) is 5.02 Å². The Labute approximate surface area is 141 Å². The van der Waals surface area contributed by atoms with Gasteiger partial charge in [0.15, 0.2) is 11.5 Å². The summed E-state index contributed by atoms with van der Waals surface area (Å²) in [4.78, 5) is 13.1. The molecule has 0 radical (unpaired) electrons. The van der Waals surface area contributed by atoms with Crippen molar-refractivity contribution in [1.29, 1.82) is 0 Å². The van der Waals surface area contributed by atoms with Crippen molar-refractivity contribution in [2.45, 2.75) is 13.8 Å². The quantitative estimate of drug-likeness (QED) is 0.638. The Balaban J connectivity index is 2.35. The summed E-state index contributed by atoms with van der Waals surface area (Å²) >= 11 is 10.6. The maximum Gasteiger partial charge on any atom is 0.203 e. The summed E-state index contributed by atoms with van der Waals surface area (Å²) in [6.45, 7) is 4.84. The first-order valence-electron chi connectivity index (χ1n) is 6.46. The largest absolute Gasteiger partial charge is 0.490 e. The lowest BCUT2D eigenvalue weighted by Gasteiger charge is -2.11. The summed E-state index contributed by atoms with van der Waals surface area (Å²) < 4.78 is 11.8. The van der Waals surface area contributed by atoms with Gasteiger partial charge in [-0.1, -0.05) is 11.6 Å². The molecular formula is C15H14BrClO3S. The van der Waals surface area contributed by atoms with Crippen LogP contribution in [0.3, 0.4) is 0 Å². The molecular weight excluding hydrogens is 376 g/mol. The molecule has 1 heterocycles. The highest BCUT2D eigenvalue weighted by Gasteiger charge is 2.16. The highest BCUT2D eigenvalue weighted by atomic mass is 79.9. The molecule has 2 rings (SSSR count). The van der Waals surface area contributed by atoms with Gasteiger partial charge >= 0.3 is 0 Å². The molecule has 0 spiro atoms. The second kappa shape index (κ2) is 7.29. The standard InChI is InChI=1S/C15H14BrClO3S/c1-3-19-11-6-5-9(7-12(11)20-4-2)14(18)13-8-10(17)15(16)21-13/h5-8H,3-4H2,1-2H3.